The second kappa shape index (κ2) is 8.65. The molecule has 1 saturated heterocycles. The summed E-state index contributed by atoms with van der Waals surface area (Å²) in [5.41, 5.74) is 1.61. The zero-order valence-corrected chi connectivity index (χ0v) is 15.5. The lowest BCUT2D eigenvalue weighted by molar-refractivity contribution is 0.0718. The Labute approximate surface area is 154 Å². The van der Waals surface area contributed by atoms with Gasteiger partial charge in [0, 0.05) is 25.7 Å². The lowest BCUT2D eigenvalue weighted by Gasteiger charge is -2.26. The molecular formula is C20H26N4O2. The molecule has 6 nitrogen and oxygen atoms in total. The summed E-state index contributed by atoms with van der Waals surface area (Å²) in [7, 11) is 1.68. The number of benzene rings is 1. The summed E-state index contributed by atoms with van der Waals surface area (Å²) < 4.78 is 5.38. The standard InChI is InChI=1S/C20H26N4O2/c1-15-22-17(20(25)24-12-6-3-7-13-24)14-19(23-15)21-11-10-16-8-4-5-9-18(16)26-2/h4-5,8-9,14H,3,6-7,10-13H2,1-2H3,(H,21,22,23). The second-order valence-corrected chi connectivity index (χ2v) is 6.53. The first-order chi connectivity index (χ1) is 12.7. The molecule has 0 unspecified atom stereocenters. The summed E-state index contributed by atoms with van der Waals surface area (Å²) in [4.78, 5) is 23.3. The third-order valence-corrected chi connectivity index (χ3v) is 4.59. The Kier molecular flexibility index (Phi) is 6.04. The van der Waals surface area contributed by atoms with Gasteiger partial charge >= 0.3 is 0 Å². The minimum Gasteiger partial charge on any atom is -0.496 e. The predicted octanol–water partition coefficient (Wildman–Crippen LogP) is 3.07. The maximum Gasteiger partial charge on any atom is 0.272 e. The zero-order chi connectivity index (χ0) is 18.4. The lowest BCUT2D eigenvalue weighted by atomic mass is 10.1. The zero-order valence-electron chi connectivity index (χ0n) is 15.5. The van der Waals surface area contributed by atoms with Crippen molar-refractivity contribution in [2.24, 2.45) is 0 Å². The van der Waals surface area contributed by atoms with E-state index in [0.29, 0.717) is 23.9 Å². The van der Waals surface area contributed by atoms with Crippen LogP contribution in [0, 0.1) is 6.92 Å². The molecule has 1 aromatic heterocycles. The Bertz CT molecular complexity index is 757. The number of carbonyl (C=O) groups is 1. The molecule has 1 aliphatic rings. The van der Waals surface area contributed by atoms with E-state index >= 15 is 0 Å². The molecule has 6 heteroatoms. The molecule has 1 aliphatic heterocycles. The minimum atomic E-state index is 0.00276. The number of ether oxygens (including phenoxy) is 1. The normalized spacial score (nSPS) is 14.2. The molecule has 0 spiro atoms. The number of piperidine rings is 1. The number of amides is 1. The van der Waals surface area contributed by atoms with Gasteiger partial charge in [-0.25, -0.2) is 9.97 Å². The van der Waals surface area contributed by atoms with Gasteiger partial charge in [0.1, 0.15) is 23.1 Å². The van der Waals surface area contributed by atoms with E-state index in [1.54, 1.807) is 13.2 Å². The molecule has 1 amide bonds. The first-order valence-corrected chi connectivity index (χ1v) is 9.18. The maximum atomic E-state index is 12.7. The molecule has 3 rings (SSSR count). The highest BCUT2D eigenvalue weighted by Crippen LogP contribution is 2.18. The maximum absolute atomic E-state index is 12.7. The van der Waals surface area contributed by atoms with Gasteiger partial charge in [-0.1, -0.05) is 18.2 Å². The summed E-state index contributed by atoms with van der Waals surface area (Å²) in [5, 5.41) is 3.31. The number of aromatic nitrogens is 2. The van der Waals surface area contributed by atoms with E-state index in [1.807, 2.05) is 30.0 Å². The lowest BCUT2D eigenvalue weighted by Crippen LogP contribution is -2.36. The number of para-hydroxylation sites is 1. The van der Waals surface area contributed by atoms with Gasteiger partial charge in [-0.15, -0.1) is 0 Å². The van der Waals surface area contributed by atoms with Gasteiger partial charge in [0.25, 0.3) is 5.91 Å². The fraction of sp³-hybridized carbons (Fsp3) is 0.450. The smallest absolute Gasteiger partial charge is 0.272 e. The van der Waals surface area contributed by atoms with Crippen LogP contribution in [0.2, 0.25) is 0 Å². The van der Waals surface area contributed by atoms with Crippen molar-refractivity contribution in [2.45, 2.75) is 32.6 Å². The number of nitrogens with zero attached hydrogens (tertiary/aromatic N) is 3. The van der Waals surface area contributed by atoms with E-state index in [1.165, 1.54) is 6.42 Å². The predicted molar refractivity (Wildman–Crippen MR) is 102 cm³/mol. The Morgan fingerprint density at radius 1 is 1.19 bits per heavy atom. The van der Waals surface area contributed by atoms with E-state index in [0.717, 1.165) is 43.7 Å². The van der Waals surface area contributed by atoms with Crippen molar-refractivity contribution in [3.8, 4) is 5.75 Å². The van der Waals surface area contributed by atoms with Crippen molar-refractivity contribution in [2.75, 3.05) is 32.1 Å². The van der Waals surface area contributed by atoms with Crippen molar-refractivity contribution >= 4 is 11.7 Å². The topological polar surface area (TPSA) is 67.3 Å². The van der Waals surface area contributed by atoms with Crippen molar-refractivity contribution in [3.63, 3.8) is 0 Å². The van der Waals surface area contributed by atoms with E-state index in [9.17, 15) is 4.79 Å². The van der Waals surface area contributed by atoms with E-state index in [2.05, 4.69) is 21.4 Å². The number of hydrogen-bond donors (Lipinski definition) is 1. The number of hydrogen-bond acceptors (Lipinski definition) is 5. The van der Waals surface area contributed by atoms with Crippen LogP contribution in [-0.2, 0) is 6.42 Å². The molecule has 2 heterocycles. The van der Waals surface area contributed by atoms with Crippen LogP contribution in [0.15, 0.2) is 30.3 Å². The Balaban J connectivity index is 1.65. The van der Waals surface area contributed by atoms with Crippen LogP contribution in [0.4, 0.5) is 5.82 Å². The van der Waals surface area contributed by atoms with Gasteiger partial charge in [-0.2, -0.15) is 0 Å². The Hall–Kier alpha value is -2.63. The fourth-order valence-electron chi connectivity index (χ4n) is 3.26. The molecule has 1 fully saturated rings. The molecule has 0 bridgehead atoms. The van der Waals surface area contributed by atoms with Crippen LogP contribution in [0.1, 0.15) is 41.1 Å². The molecule has 2 aromatic rings. The summed E-state index contributed by atoms with van der Waals surface area (Å²) in [6, 6.07) is 9.73. The van der Waals surface area contributed by atoms with Gasteiger partial charge in [-0.3, -0.25) is 4.79 Å². The minimum absolute atomic E-state index is 0.00276. The number of rotatable bonds is 6. The molecule has 1 aromatic carbocycles. The van der Waals surface area contributed by atoms with Crippen molar-refractivity contribution < 1.29 is 9.53 Å². The molecule has 138 valence electrons. The number of anilines is 1. The number of carbonyl (C=O) groups excluding carboxylic acids is 1. The van der Waals surface area contributed by atoms with Crippen molar-refractivity contribution in [3.05, 3.63) is 47.4 Å². The molecule has 0 radical (unpaired) electrons. The number of methoxy groups -OCH3 is 1. The third-order valence-electron chi connectivity index (χ3n) is 4.59. The van der Waals surface area contributed by atoms with Crippen molar-refractivity contribution in [1.82, 2.24) is 14.9 Å². The summed E-state index contributed by atoms with van der Waals surface area (Å²) in [6.45, 7) is 4.16. The Morgan fingerprint density at radius 2 is 1.96 bits per heavy atom. The van der Waals surface area contributed by atoms with Gasteiger partial charge in [-0.05, 0) is 44.2 Å². The molecule has 0 saturated carbocycles. The highest BCUT2D eigenvalue weighted by atomic mass is 16.5. The third kappa shape index (κ3) is 4.50. The number of aryl methyl sites for hydroxylation is 1. The number of nitrogens with one attached hydrogen (secondary N) is 1. The van der Waals surface area contributed by atoms with E-state index in [4.69, 9.17) is 4.74 Å². The van der Waals surface area contributed by atoms with Gasteiger partial charge in [0.15, 0.2) is 0 Å². The van der Waals surface area contributed by atoms with Crippen LogP contribution < -0.4 is 10.1 Å². The van der Waals surface area contributed by atoms with Gasteiger partial charge in [0.2, 0.25) is 0 Å². The average Bonchev–Trinajstić information content (AvgIpc) is 2.68. The molecular weight excluding hydrogens is 328 g/mol. The van der Waals surface area contributed by atoms with Crippen LogP contribution in [-0.4, -0.2) is 47.5 Å². The van der Waals surface area contributed by atoms with Crippen LogP contribution in [0.25, 0.3) is 0 Å². The summed E-state index contributed by atoms with van der Waals surface area (Å²) in [5.74, 6) is 2.18. The molecule has 0 atom stereocenters. The summed E-state index contributed by atoms with van der Waals surface area (Å²) in [6.07, 6.45) is 4.14. The highest BCUT2D eigenvalue weighted by Gasteiger charge is 2.20. The Morgan fingerprint density at radius 3 is 2.73 bits per heavy atom. The van der Waals surface area contributed by atoms with Gasteiger partial charge < -0.3 is 15.0 Å². The molecule has 26 heavy (non-hydrogen) atoms. The highest BCUT2D eigenvalue weighted by molar-refractivity contribution is 5.93. The summed E-state index contributed by atoms with van der Waals surface area (Å²) >= 11 is 0. The SMILES string of the molecule is COc1ccccc1CCNc1cc(C(=O)N2CCCCC2)nc(C)n1. The number of likely N-dealkylation sites (tertiary alicyclic amines) is 1. The largest absolute Gasteiger partial charge is 0.496 e. The van der Waals surface area contributed by atoms with Crippen molar-refractivity contribution in [1.29, 1.82) is 0 Å². The van der Waals surface area contributed by atoms with E-state index < -0.39 is 0 Å². The second-order valence-electron chi connectivity index (χ2n) is 6.53. The van der Waals surface area contributed by atoms with Crippen LogP contribution >= 0.6 is 0 Å². The first-order valence-electron chi connectivity index (χ1n) is 9.18. The van der Waals surface area contributed by atoms with Crippen LogP contribution in [0.3, 0.4) is 0 Å². The monoisotopic (exact) mass is 354 g/mol. The molecule has 1 N–H and O–H groups in total. The van der Waals surface area contributed by atoms with E-state index in [-0.39, 0.29) is 5.91 Å². The van der Waals surface area contributed by atoms with Crippen LogP contribution in [0.5, 0.6) is 5.75 Å². The average molecular weight is 354 g/mol. The first kappa shape index (κ1) is 18.2. The quantitative estimate of drug-likeness (QED) is 0.863. The fourth-order valence-corrected chi connectivity index (χ4v) is 3.26. The van der Waals surface area contributed by atoms with Gasteiger partial charge in [0.05, 0.1) is 7.11 Å². The molecule has 0 aliphatic carbocycles.